The molecule has 0 aromatic heterocycles. The molecule has 1 aromatic carbocycles. The summed E-state index contributed by atoms with van der Waals surface area (Å²) in [5, 5.41) is 9.02. The zero-order valence-electron chi connectivity index (χ0n) is 11.6. The van der Waals surface area contributed by atoms with Gasteiger partial charge in [0.2, 0.25) is 0 Å². The van der Waals surface area contributed by atoms with Crippen molar-refractivity contribution in [3.63, 3.8) is 0 Å². The van der Waals surface area contributed by atoms with Gasteiger partial charge < -0.3 is 9.84 Å². The zero-order valence-corrected chi connectivity index (χ0v) is 11.6. The minimum absolute atomic E-state index is 0.301. The fourth-order valence-electron chi connectivity index (χ4n) is 3.02. The van der Waals surface area contributed by atoms with Gasteiger partial charge in [-0.1, -0.05) is 12.1 Å². The van der Waals surface area contributed by atoms with E-state index in [1.807, 2.05) is 29.2 Å². The third-order valence-corrected chi connectivity index (χ3v) is 4.33. The van der Waals surface area contributed by atoms with E-state index in [-0.39, 0.29) is 6.04 Å². The summed E-state index contributed by atoms with van der Waals surface area (Å²) < 4.78 is 5.93. The van der Waals surface area contributed by atoms with E-state index < -0.39 is 5.97 Å². The molecule has 1 aromatic rings. The molecule has 1 aliphatic heterocycles. The quantitative estimate of drug-likeness (QED) is 0.897. The first-order valence-electron chi connectivity index (χ1n) is 7.45. The second-order valence-corrected chi connectivity index (χ2v) is 5.78. The first kappa shape index (κ1) is 13.4. The molecule has 2 fully saturated rings. The minimum atomic E-state index is -0.711. The first-order valence-corrected chi connectivity index (χ1v) is 7.45. The predicted molar refractivity (Wildman–Crippen MR) is 75.8 cm³/mol. The molecule has 0 bridgehead atoms. The van der Waals surface area contributed by atoms with Crippen LogP contribution >= 0.6 is 0 Å². The van der Waals surface area contributed by atoms with Crippen molar-refractivity contribution in [1.82, 2.24) is 4.90 Å². The molecular weight excluding hydrogens is 254 g/mol. The maximum Gasteiger partial charge on any atom is 0.320 e. The third kappa shape index (κ3) is 2.96. The van der Waals surface area contributed by atoms with Crippen LogP contribution in [0.25, 0.3) is 0 Å². The van der Waals surface area contributed by atoms with Crippen molar-refractivity contribution >= 4 is 5.97 Å². The summed E-state index contributed by atoms with van der Waals surface area (Å²) >= 11 is 0. The fourth-order valence-corrected chi connectivity index (χ4v) is 3.02. The van der Waals surface area contributed by atoms with E-state index in [1.54, 1.807) is 0 Å². The van der Waals surface area contributed by atoms with E-state index in [2.05, 4.69) is 0 Å². The number of benzene rings is 1. The number of hydrogen-bond acceptors (Lipinski definition) is 3. The van der Waals surface area contributed by atoms with Gasteiger partial charge in [0.1, 0.15) is 11.8 Å². The standard InChI is InChI=1S/C16H21NO3/c18-16(19)15-9-10-17(15)11-12-5-7-14(8-6-12)20-13-3-1-2-4-13/h5-8,13,15H,1-4,9-11H2,(H,18,19)/t15-/m1/s1. The maximum atomic E-state index is 11.0. The summed E-state index contributed by atoms with van der Waals surface area (Å²) in [5.74, 6) is 0.219. The van der Waals surface area contributed by atoms with Crippen LogP contribution in [0, 0.1) is 0 Å². The second-order valence-electron chi connectivity index (χ2n) is 5.78. The first-order chi connectivity index (χ1) is 9.72. The van der Waals surface area contributed by atoms with Crippen molar-refractivity contribution in [1.29, 1.82) is 0 Å². The van der Waals surface area contributed by atoms with Crippen LogP contribution in [0.2, 0.25) is 0 Å². The number of aliphatic carboxylic acids is 1. The summed E-state index contributed by atoms with van der Waals surface area (Å²) in [4.78, 5) is 13.0. The smallest absolute Gasteiger partial charge is 0.320 e. The van der Waals surface area contributed by atoms with Crippen molar-refractivity contribution in [2.75, 3.05) is 6.54 Å². The molecule has 1 N–H and O–H groups in total. The Bertz CT molecular complexity index is 465. The van der Waals surface area contributed by atoms with Crippen LogP contribution in [-0.2, 0) is 11.3 Å². The van der Waals surface area contributed by atoms with Gasteiger partial charge in [-0.3, -0.25) is 9.69 Å². The van der Waals surface area contributed by atoms with Gasteiger partial charge in [0.25, 0.3) is 0 Å². The molecule has 0 unspecified atom stereocenters. The molecule has 0 amide bonds. The number of ether oxygens (including phenoxy) is 1. The number of nitrogens with zero attached hydrogens (tertiary/aromatic N) is 1. The summed E-state index contributed by atoms with van der Waals surface area (Å²) in [6.45, 7) is 1.58. The molecule has 1 aliphatic carbocycles. The van der Waals surface area contributed by atoms with Gasteiger partial charge in [-0.05, 0) is 49.8 Å². The number of carboxylic acids is 1. The van der Waals surface area contributed by atoms with Crippen molar-refractivity contribution in [2.24, 2.45) is 0 Å². The monoisotopic (exact) mass is 275 g/mol. The highest BCUT2D eigenvalue weighted by Crippen LogP contribution is 2.25. The number of carboxylic acid groups (broad SMARTS) is 1. The van der Waals surface area contributed by atoms with E-state index in [0.717, 1.165) is 37.1 Å². The average Bonchev–Trinajstić information content (AvgIpc) is 2.88. The largest absolute Gasteiger partial charge is 0.490 e. The van der Waals surface area contributed by atoms with Gasteiger partial charge in [0.15, 0.2) is 0 Å². The molecule has 4 heteroatoms. The Morgan fingerprint density at radius 2 is 1.90 bits per heavy atom. The highest BCUT2D eigenvalue weighted by molar-refractivity contribution is 5.74. The molecule has 2 aliphatic rings. The van der Waals surface area contributed by atoms with Crippen LogP contribution in [0.4, 0.5) is 0 Å². The number of carbonyl (C=O) groups is 1. The summed E-state index contributed by atoms with van der Waals surface area (Å²) in [6.07, 6.45) is 6.01. The highest BCUT2D eigenvalue weighted by Gasteiger charge is 2.33. The molecule has 1 saturated carbocycles. The Kier molecular flexibility index (Phi) is 3.92. The van der Waals surface area contributed by atoms with Gasteiger partial charge in [-0.15, -0.1) is 0 Å². The van der Waals surface area contributed by atoms with Crippen LogP contribution in [0.3, 0.4) is 0 Å². The normalized spacial score (nSPS) is 23.5. The molecule has 1 saturated heterocycles. The molecule has 108 valence electrons. The molecule has 0 radical (unpaired) electrons. The molecule has 1 heterocycles. The van der Waals surface area contributed by atoms with Crippen LogP contribution in [0.1, 0.15) is 37.7 Å². The van der Waals surface area contributed by atoms with E-state index in [0.29, 0.717) is 12.6 Å². The predicted octanol–water partition coefficient (Wildman–Crippen LogP) is 2.67. The SMILES string of the molecule is O=C(O)[C@H]1CCN1Cc1ccc(OC2CCCC2)cc1. The van der Waals surface area contributed by atoms with Crippen LogP contribution in [-0.4, -0.2) is 34.7 Å². The van der Waals surface area contributed by atoms with E-state index in [1.165, 1.54) is 12.8 Å². The fraction of sp³-hybridized carbons (Fsp3) is 0.562. The lowest BCUT2D eigenvalue weighted by atomic mass is 10.0. The lowest BCUT2D eigenvalue weighted by Gasteiger charge is -2.37. The van der Waals surface area contributed by atoms with Crippen LogP contribution < -0.4 is 4.74 Å². The van der Waals surface area contributed by atoms with Gasteiger partial charge in [-0.25, -0.2) is 0 Å². The Morgan fingerprint density at radius 3 is 2.45 bits per heavy atom. The molecular formula is C16H21NO3. The Balaban J connectivity index is 1.54. The highest BCUT2D eigenvalue weighted by atomic mass is 16.5. The molecule has 0 spiro atoms. The summed E-state index contributed by atoms with van der Waals surface area (Å²) in [5.41, 5.74) is 1.15. The van der Waals surface area contributed by atoms with Crippen molar-refractivity contribution < 1.29 is 14.6 Å². The van der Waals surface area contributed by atoms with Crippen molar-refractivity contribution in [3.05, 3.63) is 29.8 Å². The Morgan fingerprint density at radius 1 is 1.20 bits per heavy atom. The Hall–Kier alpha value is -1.55. The molecule has 1 atom stereocenters. The number of likely N-dealkylation sites (tertiary alicyclic amines) is 1. The number of rotatable bonds is 5. The average molecular weight is 275 g/mol. The lowest BCUT2D eigenvalue weighted by molar-refractivity contribution is -0.148. The van der Waals surface area contributed by atoms with Gasteiger partial charge in [0, 0.05) is 13.1 Å². The zero-order chi connectivity index (χ0) is 13.9. The van der Waals surface area contributed by atoms with Gasteiger partial charge in [-0.2, -0.15) is 0 Å². The molecule has 20 heavy (non-hydrogen) atoms. The van der Waals surface area contributed by atoms with Crippen molar-refractivity contribution in [2.45, 2.75) is 50.8 Å². The van der Waals surface area contributed by atoms with E-state index in [9.17, 15) is 4.79 Å². The van der Waals surface area contributed by atoms with Gasteiger partial charge >= 0.3 is 5.97 Å². The van der Waals surface area contributed by atoms with E-state index in [4.69, 9.17) is 9.84 Å². The Labute approximate surface area is 119 Å². The van der Waals surface area contributed by atoms with E-state index >= 15 is 0 Å². The topological polar surface area (TPSA) is 49.8 Å². The summed E-state index contributed by atoms with van der Waals surface area (Å²) in [7, 11) is 0. The van der Waals surface area contributed by atoms with Gasteiger partial charge in [0.05, 0.1) is 6.10 Å². The van der Waals surface area contributed by atoms with Crippen molar-refractivity contribution in [3.8, 4) is 5.75 Å². The van der Waals surface area contributed by atoms with Crippen LogP contribution in [0.15, 0.2) is 24.3 Å². The lowest BCUT2D eigenvalue weighted by Crippen LogP contribution is -2.51. The minimum Gasteiger partial charge on any atom is -0.490 e. The van der Waals surface area contributed by atoms with Crippen LogP contribution in [0.5, 0.6) is 5.75 Å². The molecule has 3 rings (SSSR count). The third-order valence-electron chi connectivity index (χ3n) is 4.33. The molecule has 4 nitrogen and oxygen atoms in total. The maximum absolute atomic E-state index is 11.0. The number of hydrogen-bond donors (Lipinski definition) is 1. The second kappa shape index (κ2) is 5.83. The summed E-state index contributed by atoms with van der Waals surface area (Å²) in [6, 6.07) is 7.79.